The summed E-state index contributed by atoms with van der Waals surface area (Å²) in [6.45, 7) is 2.11. The fourth-order valence-electron chi connectivity index (χ4n) is 4.66. The molecule has 0 unspecified atom stereocenters. The Kier molecular flexibility index (Phi) is 6.74. The van der Waals surface area contributed by atoms with E-state index in [0.29, 0.717) is 5.75 Å². The molecule has 1 nitrogen and oxygen atoms in total. The van der Waals surface area contributed by atoms with E-state index < -0.39 is 4.75 Å². The van der Waals surface area contributed by atoms with E-state index in [2.05, 4.69) is 122 Å². The van der Waals surface area contributed by atoms with Crippen LogP contribution in [0, 0.1) is 6.92 Å². The molecule has 0 aliphatic heterocycles. The van der Waals surface area contributed by atoms with Crippen LogP contribution in [0.5, 0.6) is 5.75 Å². The molecule has 0 radical (unpaired) electrons. The van der Waals surface area contributed by atoms with Gasteiger partial charge in [0.15, 0.2) is 0 Å². The lowest BCUT2D eigenvalue weighted by Crippen LogP contribution is -2.27. The second-order valence-electron chi connectivity index (χ2n) is 8.75. The van der Waals surface area contributed by atoms with Gasteiger partial charge in [-0.3, -0.25) is 0 Å². The van der Waals surface area contributed by atoms with Gasteiger partial charge in [0, 0.05) is 5.56 Å². The number of benzene rings is 5. The third-order valence-electron chi connectivity index (χ3n) is 6.43. The van der Waals surface area contributed by atoms with Gasteiger partial charge < -0.3 is 5.11 Å². The monoisotopic (exact) mass is 472 g/mol. The summed E-state index contributed by atoms with van der Waals surface area (Å²) in [6, 6.07) is 48.5. The topological polar surface area (TPSA) is 20.2 Å². The minimum absolute atomic E-state index is 0.0996. The molecule has 0 spiro atoms. The van der Waals surface area contributed by atoms with Gasteiger partial charge in [-0.05, 0) is 35.2 Å². The first-order chi connectivity index (χ1) is 17.2. The number of hydrogen-bond donors (Lipinski definition) is 1. The molecule has 1 N–H and O–H groups in total. The minimum Gasteiger partial charge on any atom is -0.508 e. The number of hydrogen-bond acceptors (Lipinski definition) is 2. The Morgan fingerprint density at radius 3 is 1.43 bits per heavy atom. The Morgan fingerprint density at radius 2 is 0.971 bits per heavy atom. The number of phenolic OH excluding ortho intramolecular Hbond substituents is 1. The van der Waals surface area contributed by atoms with Crippen LogP contribution in [0.15, 0.2) is 140 Å². The van der Waals surface area contributed by atoms with Crippen molar-refractivity contribution < 1.29 is 5.11 Å². The lowest BCUT2D eigenvalue weighted by molar-refractivity contribution is 0.469. The van der Waals surface area contributed by atoms with Crippen molar-refractivity contribution >= 4 is 11.8 Å². The predicted molar refractivity (Wildman–Crippen MR) is 148 cm³/mol. The lowest BCUT2D eigenvalue weighted by atomic mass is 9.84. The van der Waals surface area contributed by atoms with Crippen LogP contribution in [0.2, 0.25) is 0 Å². The van der Waals surface area contributed by atoms with Crippen molar-refractivity contribution in [3.8, 4) is 5.75 Å². The third-order valence-corrected chi connectivity index (χ3v) is 8.26. The summed E-state index contributed by atoms with van der Waals surface area (Å²) < 4.78 is -0.498. The summed E-state index contributed by atoms with van der Waals surface area (Å²) in [5.41, 5.74) is 6.90. The summed E-state index contributed by atoms with van der Waals surface area (Å²) >= 11 is 1.86. The van der Waals surface area contributed by atoms with Gasteiger partial charge in [-0.15, -0.1) is 11.8 Å². The van der Waals surface area contributed by atoms with Crippen LogP contribution >= 0.6 is 11.8 Å². The van der Waals surface area contributed by atoms with Crippen LogP contribution in [0.4, 0.5) is 0 Å². The first-order valence-electron chi connectivity index (χ1n) is 11.9. The molecule has 0 heterocycles. The molecule has 0 aliphatic rings. The fraction of sp³-hybridized carbons (Fsp3) is 0.0909. The number of aryl methyl sites for hydroxylation is 1. The van der Waals surface area contributed by atoms with Gasteiger partial charge >= 0.3 is 0 Å². The van der Waals surface area contributed by atoms with Crippen LogP contribution in [0.25, 0.3) is 0 Å². The molecule has 0 fully saturated rings. The van der Waals surface area contributed by atoms with Crippen molar-refractivity contribution in [1.82, 2.24) is 0 Å². The van der Waals surface area contributed by atoms with Crippen LogP contribution in [-0.4, -0.2) is 5.11 Å². The van der Waals surface area contributed by atoms with E-state index in [4.69, 9.17) is 0 Å². The van der Waals surface area contributed by atoms with Crippen molar-refractivity contribution in [3.63, 3.8) is 0 Å². The van der Waals surface area contributed by atoms with Gasteiger partial charge in [0.25, 0.3) is 0 Å². The Morgan fingerprint density at radius 1 is 0.543 bits per heavy atom. The molecule has 5 rings (SSSR count). The molecular weight excluding hydrogens is 444 g/mol. The second-order valence-corrected chi connectivity index (χ2v) is 10.1. The number of rotatable bonds is 7. The number of para-hydroxylation sites is 1. The van der Waals surface area contributed by atoms with E-state index in [-0.39, 0.29) is 5.25 Å². The van der Waals surface area contributed by atoms with Crippen LogP contribution < -0.4 is 0 Å². The molecule has 2 heteroatoms. The highest BCUT2D eigenvalue weighted by atomic mass is 32.2. The molecule has 0 bridgehead atoms. The number of phenols is 1. The second kappa shape index (κ2) is 10.2. The van der Waals surface area contributed by atoms with E-state index in [9.17, 15) is 5.11 Å². The van der Waals surface area contributed by atoms with E-state index in [1.165, 1.54) is 22.3 Å². The number of thioether (sulfide) groups is 1. The Hall–Kier alpha value is -3.75. The lowest BCUT2D eigenvalue weighted by Gasteiger charge is -2.38. The van der Waals surface area contributed by atoms with E-state index in [1.54, 1.807) is 6.07 Å². The zero-order valence-corrected chi connectivity index (χ0v) is 20.5. The largest absolute Gasteiger partial charge is 0.508 e. The summed E-state index contributed by atoms with van der Waals surface area (Å²) in [4.78, 5) is 0. The number of aromatic hydroxyl groups is 1. The molecular formula is C33H28OS. The standard InChI is InChI=1S/C33H28OS/c1-25-21-23-26(24-22-25)32(30-19-11-12-20-31(30)34)35-33(27-13-5-2-6-14-27,28-15-7-3-8-16-28)29-17-9-4-10-18-29/h2-24,32,34H,1H3/t32-/m1/s1. The quantitative estimate of drug-likeness (QED) is 0.240. The Bertz CT molecular complexity index is 1270. The van der Waals surface area contributed by atoms with Crippen molar-refractivity contribution in [2.75, 3.05) is 0 Å². The van der Waals surface area contributed by atoms with Crippen molar-refractivity contribution in [3.05, 3.63) is 173 Å². The van der Waals surface area contributed by atoms with E-state index in [0.717, 1.165) is 11.1 Å². The summed E-state index contributed by atoms with van der Waals surface area (Å²) in [5.74, 6) is 0.314. The highest BCUT2D eigenvalue weighted by Crippen LogP contribution is 2.56. The molecule has 5 aromatic carbocycles. The third kappa shape index (κ3) is 4.62. The maximum Gasteiger partial charge on any atom is 0.120 e. The van der Waals surface area contributed by atoms with Gasteiger partial charge in [-0.1, -0.05) is 139 Å². The first-order valence-corrected chi connectivity index (χ1v) is 12.8. The van der Waals surface area contributed by atoms with E-state index in [1.807, 2.05) is 30.0 Å². The SMILES string of the molecule is Cc1ccc([C@@H](SC(c2ccccc2)(c2ccccc2)c2ccccc2)c2ccccc2O)cc1. The van der Waals surface area contributed by atoms with Crippen molar-refractivity contribution in [2.45, 2.75) is 16.9 Å². The van der Waals surface area contributed by atoms with Gasteiger partial charge in [0.1, 0.15) is 5.75 Å². The maximum absolute atomic E-state index is 11.0. The van der Waals surface area contributed by atoms with Crippen LogP contribution in [0.3, 0.4) is 0 Å². The summed E-state index contributed by atoms with van der Waals surface area (Å²) in [7, 11) is 0. The zero-order chi connectivity index (χ0) is 24.1. The average molecular weight is 473 g/mol. The molecule has 0 amide bonds. The van der Waals surface area contributed by atoms with Gasteiger partial charge in [0.2, 0.25) is 0 Å². The summed E-state index contributed by atoms with van der Waals surface area (Å²) in [5, 5.41) is 10.9. The van der Waals surface area contributed by atoms with Crippen molar-refractivity contribution in [2.24, 2.45) is 0 Å². The molecule has 172 valence electrons. The molecule has 0 saturated heterocycles. The molecule has 0 aliphatic carbocycles. The normalized spacial score (nSPS) is 12.3. The predicted octanol–water partition coefficient (Wildman–Crippen LogP) is 8.52. The Labute approximate surface area is 212 Å². The molecule has 0 aromatic heterocycles. The smallest absolute Gasteiger partial charge is 0.120 e. The van der Waals surface area contributed by atoms with Gasteiger partial charge in [0.05, 0.1) is 10.00 Å². The zero-order valence-electron chi connectivity index (χ0n) is 19.7. The molecule has 0 saturated carbocycles. The molecule has 35 heavy (non-hydrogen) atoms. The highest BCUT2D eigenvalue weighted by Gasteiger charge is 2.40. The Balaban J connectivity index is 1.80. The van der Waals surface area contributed by atoms with Crippen LogP contribution in [-0.2, 0) is 4.75 Å². The molecule has 1 atom stereocenters. The minimum atomic E-state index is -0.498. The van der Waals surface area contributed by atoms with Crippen LogP contribution in [0.1, 0.15) is 38.6 Å². The van der Waals surface area contributed by atoms with Crippen molar-refractivity contribution in [1.29, 1.82) is 0 Å². The van der Waals surface area contributed by atoms with E-state index >= 15 is 0 Å². The highest BCUT2D eigenvalue weighted by molar-refractivity contribution is 8.01. The van der Waals surface area contributed by atoms with Gasteiger partial charge in [-0.25, -0.2) is 0 Å². The fourth-order valence-corrected chi connectivity index (χ4v) is 6.45. The average Bonchev–Trinajstić information content (AvgIpc) is 2.92. The maximum atomic E-state index is 11.0. The molecule has 5 aromatic rings. The first kappa shape index (κ1) is 23.0. The summed E-state index contributed by atoms with van der Waals surface area (Å²) in [6.07, 6.45) is 0. The van der Waals surface area contributed by atoms with Gasteiger partial charge in [-0.2, -0.15) is 0 Å².